The smallest absolute Gasteiger partial charge is 0.243 e. The number of carbonyl (C=O) groups is 1. The molecule has 2 N–H and O–H groups in total. The Labute approximate surface area is 129 Å². The van der Waals surface area contributed by atoms with Gasteiger partial charge in [0, 0.05) is 10.7 Å². The molecule has 0 radical (unpaired) electrons. The van der Waals surface area contributed by atoms with Crippen LogP contribution in [0.15, 0.2) is 42.5 Å². The number of para-hydroxylation sites is 1. The number of rotatable bonds is 5. The van der Waals surface area contributed by atoms with Crippen LogP contribution in [0.3, 0.4) is 0 Å². The number of carbonyl (C=O) groups excluding carboxylic acids is 1. The number of anilines is 2. The van der Waals surface area contributed by atoms with Gasteiger partial charge in [0.15, 0.2) is 0 Å². The van der Waals surface area contributed by atoms with Gasteiger partial charge in [0.2, 0.25) is 5.91 Å². The molecule has 0 aliphatic heterocycles. The number of benzene rings is 2. The summed E-state index contributed by atoms with van der Waals surface area (Å²) >= 11 is 5.94. The number of hydrogen-bond donors (Lipinski definition) is 2. The molecule has 0 saturated heterocycles. The summed E-state index contributed by atoms with van der Waals surface area (Å²) in [6.07, 6.45) is 0. The maximum Gasteiger partial charge on any atom is 0.243 e. The fraction of sp³-hybridized carbons (Fsp3) is 0.188. The van der Waals surface area contributed by atoms with Crippen LogP contribution in [-0.4, -0.2) is 19.6 Å². The molecule has 0 fully saturated rings. The molecule has 2 aromatic carbocycles. The predicted molar refractivity (Wildman–Crippen MR) is 86.3 cm³/mol. The lowest BCUT2D eigenvalue weighted by Gasteiger charge is -2.12. The Morgan fingerprint density at radius 2 is 1.95 bits per heavy atom. The average molecular weight is 305 g/mol. The summed E-state index contributed by atoms with van der Waals surface area (Å²) in [6.45, 7) is 2.08. The van der Waals surface area contributed by atoms with Crippen LogP contribution in [0.5, 0.6) is 5.75 Å². The maximum atomic E-state index is 12.0. The molecule has 0 aliphatic rings. The average Bonchev–Trinajstić information content (AvgIpc) is 2.48. The van der Waals surface area contributed by atoms with Crippen LogP contribution in [0, 0.1) is 6.92 Å². The fourth-order valence-electron chi connectivity index (χ4n) is 1.90. The van der Waals surface area contributed by atoms with E-state index in [1.807, 2.05) is 31.2 Å². The summed E-state index contributed by atoms with van der Waals surface area (Å²) in [6, 6.07) is 12.8. The summed E-state index contributed by atoms with van der Waals surface area (Å²) < 4.78 is 5.22. The summed E-state index contributed by atoms with van der Waals surface area (Å²) in [5, 5.41) is 6.46. The van der Waals surface area contributed by atoms with Gasteiger partial charge in [-0.2, -0.15) is 0 Å². The lowest BCUT2D eigenvalue weighted by atomic mass is 10.2. The Morgan fingerprint density at radius 1 is 1.19 bits per heavy atom. The van der Waals surface area contributed by atoms with Crippen molar-refractivity contribution in [3.8, 4) is 5.75 Å². The van der Waals surface area contributed by atoms with Crippen LogP contribution in [0.25, 0.3) is 0 Å². The lowest BCUT2D eigenvalue weighted by Crippen LogP contribution is -2.22. The SMILES string of the molecule is COc1ccc(Cl)cc1NCC(=O)Nc1ccccc1C. The maximum absolute atomic E-state index is 12.0. The molecule has 0 bridgehead atoms. The van der Waals surface area contributed by atoms with Crippen LogP contribution >= 0.6 is 11.6 Å². The minimum absolute atomic E-state index is 0.130. The summed E-state index contributed by atoms with van der Waals surface area (Å²) in [4.78, 5) is 12.0. The molecule has 0 atom stereocenters. The van der Waals surface area contributed by atoms with Gasteiger partial charge in [0.05, 0.1) is 19.3 Å². The number of hydrogen-bond acceptors (Lipinski definition) is 3. The van der Waals surface area contributed by atoms with Gasteiger partial charge < -0.3 is 15.4 Å². The number of amides is 1. The van der Waals surface area contributed by atoms with Gasteiger partial charge in [-0.3, -0.25) is 4.79 Å². The van der Waals surface area contributed by atoms with Crippen molar-refractivity contribution in [2.75, 3.05) is 24.3 Å². The van der Waals surface area contributed by atoms with Crippen LogP contribution in [0.4, 0.5) is 11.4 Å². The summed E-state index contributed by atoms with van der Waals surface area (Å²) in [5.41, 5.74) is 2.51. The lowest BCUT2D eigenvalue weighted by molar-refractivity contribution is -0.114. The standard InChI is InChI=1S/C16H17ClN2O2/c1-11-5-3-4-6-13(11)19-16(20)10-18-14-9-12(17)7-8-15(14)21-2/h3-9,18H,10H2,1-2H3,(H,19,20). The molecular weight excluding hydrogens is 288 g/mol. The second-order valence-corrected chi connectivity index (χ2v) is 5.00. The van der Waals surface area contributed by atoms with Crippen molar-refractivity contribution < 1.29 is 9.53 Å². The van der Waals surface area contributed by atoms with Crippen LogP contribution in [-0.2, 0) is 4.79 Å². The third-order valence-electron chi connectivity index (χ3n) is 3.02. The number of halogens is 1. The van der Waals surface area contributed by atoms with E-state index in [4.69, 9.17) is 16.3 Å². The van der Waals surface area contributed by atoms with Crippen molar-refractivity contribution in [1.82, 2.24) is 0 Å². The quantitative estimate of drug-likeness (QED) is 0.885. The number of methoxy groups -OCH3 is 1. The highest BCUT2D eigenvalue weighted by molar-refractivity contribution is 6.30. The minimum Gasteiger partial charge on any atom is -0.495 e. The molecule has 0 heterocycles. The van der Waals surface area contributed by atoms with Gasteiger partial charge in [0.1, 0.15) is 5.75 Å². The first-order chi connectivity index (χ1) is 10.1. The van der Waals surface area contributed by atoms with Gasteiger partial charge in [-0.25, -0.2) is 0 Å². The zero-order valence-electron chi connectivity index (χ0n) is 11.9. The first kappa shape index (κ1) is 15.2. The van der Waals surface area contributed by atoms with Crippen molar-refractivity contribution in [3.05, 3.63) is 53.1 Å². The molecule has 0 unspecified atom stereocenters. The van der Waals surface area contributed by atoms with Crippen molar-refractivity contribution in [1.29, 1.82) is 0 Å². The Kier molecular flexibility index (Phi) is 5.06. The molecule has 2 rings (SSSR count). The van der Waals surface area contributed by atoms with Crippen LogP contribution < -0.4 is 15.4 Å². The van der Waals surface area contributed by atoms with E-state index in [1.165, 1.54) is 0 Å². The minimum atomic E-state index is -0.133. The zero-order chi connectivity index (χ0) is 15.2. The monoisotopic (exact) mass is 304 g/mol. The second-order valence-electron chi connectivity index (χ2n) is 4.56. The van der Waals surface area contributed by atoms with Gasteiger partial charge in [-0.1, -0.05) is 29.8 Å². The van der Waals surface area contributed by atoms with Gasteiger partial charge in [-0.05, 0) is 36.8 Å². The third kappa shape index (κ3) is 4.13. The Morgan fingerprint density at radius 3 is 2.67 bits per heavy atom. The van der Waals surface area contributed by atoms with E-state index < -0.39 is 0 Å². The van der Waals surface area contributed by atoms with E-state index in [0.717, 1.165) is 11.3 Å². The highest BCUT2D eigenvalue weighted by Gasteiger charge is 2.07. The Balaban J connectivity index is 1.98. The Hall–Kier alpha value is -2.20. The topological polar surface area (TPSA) is 50.4 Å². The summed E-state index contributed by atoms with van der Waals surface area (Å²) in [7, 11) is 1.57. The van der Waals surface area contributed by atoms with Crippen molar-refractivity contribution >= 4 is 28.9 Å². The van der Waals surface area contributed by atoms with Gasteiger partial charge in [0.25, 0.3) is 0 Å². The molecule has 0 saturated carbocycles. The van der Waals surface area contributed by atoms with E-state index >= 15 is 0 Å². The van der Waals surface area contributed by atoms with Crippen LogP contribution in [0.1, 0.15) is 5.56 Å². The number of aryl methyl sites for hydroxylation is 1. The van der Waals surface area contributed by atoms with Crippen LogP contribution in [0.2, 0.25) is 5.02 Å². The fourth-order valence-corrected chi connectivity index (χ4v) is 2.07. The van der Waals surface area contributed by atoms with Crippen molar-refractivity contribution in [3.63, 3.8) is 0 Å². The highest BCUT2D eigenvalue weighted by Crippen LogP contribution is 2.27. The van der Waals surface area contributed by atoms with Crippen molar-refractivity contribution in [2.24, 2.45) is 0 Å². The zero-order valence-corrected chi connectivity index (χ0v) is 12.7. The summed E-state index contributed by atoms with van der Waals surface area (Å²) in [5.74, 6) is 0.509. The van der Waals surface area contributed by atoms with Crippen molar-refractivity contribution in [2.45, 2.75) is 6.92 Å². The van der Waals surface area contributed by atoms with E-state index in [2.05, 4.69) is 10.6 Å². The van der Waals surface area contributed by atoms with Gasteiger partial charge in [-0.15, -0.1) is 0 Å². The molecule has 0 spiro atoms. The second kappa shape index (κ2) is 6.99. The van der Waals surface area contributed by atoms with E-state index in [9.17, 15) is 4.79 Å². The number of nitrogens with one attached hydrogen (secondary N) is 2. The molecule has 1 amide bonds. The van der Waals surface area contributed by atoms with E-state index in [0.29, 0.717) is 16.5 Å². The molecule has 5 heteroatoms. The molecule has 110 valence electrons. The molecule has 0 aromatic heterocycles. The first-order valence-electron chi connectivity index (χ1n) is 6.53. The largest absolute Gasteiger partial charge is 0.495 e. The molecule has 4 nitrogen and oxygen atoms in total. The molecular formula is C16H17ClN2O2. The predicted octanol–water partition coefficient (Wildman–Crippen LogP) is 3.71. The molecule has 21 heavy (non-hydrogen) atoms. The normalized spacial score (nSPS) is 10.0. The first-order valence-corrected chi connectivity index (χ1v) is 6.91. The highest BCUT2D eigenvalue weighted by atomic mass is 35.5. The third-order valence-corrected chi connectivity index (χ3v) is 3.26. The molecule has 0 aliphatic carbocycles. The van der Waals surface area contributed by atoms with Gasteiger partial charge >= 0.3 is 0 Å². The van der Waals surface area contributed by atoms with E-state index in [-0.39, 0.29) is 12.5 Å². The Bertz CT molecular complexity index is 644. The number of ether oxygens (including phenoxy) is 1. The molecule has 2 aromatic rings. The van der Waals surface area contributed by atoms with E-state index in [1.54, 1.807) is 25.3 Å².